The van der Waals surface area contributed by atoms with E-state index in [4.69, 9.17) is 9.47 Å². The monoisotopic (exact) mass is 208 g/mol. The summed E-state index contributed by atoms with van der Waals surface area (Å²) in [6.45, 7) is 1.06. The highest BCUT2D eigenvalue weighted by atomic mass is 79.9. The first-order valence-electron chi connectivity index (χ1n) is 3.34. The maximum Gasteiger partial charge on any atom is 0.113 e. The fourth-order valence-corrected chi connectivity index (χ4v) is 2.04. The zero-order valence-electron chi connectivity index (χ0n) is 5.37. The molecule has 2 heterocycles. The SMILES string of the molecule is O[C@H]1CO[C@H]2[C@@H]1OC[C@@H]2Br. The molecular formula is C6H9BrO3. The standard InChI is InChI=1S/C6H9BrO3/c7-3-1-9-6-4(8)2-10-5(3)6/h3-6,8H,1-2H2/t3-,4-,5+,6+/m0/s1. The van der Waals surface area contributed by atoms with Crippen molar-refractivity contribution in [3.8, 4) is 0 Å². The van der Waals surface area contributed by atoms with Crippen molar-refractivity contribution in [2.45, 2.75) is 23.1 Å². The second kappa shape index (κ2) is 2.44. The van der Waals surface area contributed by atoms with Gasteiger partial charge in [0.15, 0.2) is 0 Å². The third-order valence-electron chi connectivity index (χ3n) is 1.97. The van der Waals surface area contributed by atoms with Gasteiger partial charge in [-0.2, -0.15) is 0 Å². The summed E-state index contributed by atoms with van der Waals surface area (Å²) in [5.74, 6) is 0. The fraction of sp³-hybridized carbons (Fsp3) is 1.00. The van der Waals surface area contributed by atoms with Gasteiger partial charge in [-0.05, 0) is 0 Å². The Morgan fingerprint density at radius 1 is 1.20 bits per heavy atom. The van der Waals surface area contributed by atoms with E-state index in [1.54, 1.807) is 0 Å². The Labute approximate surface area is 67.4 Å². The zero-order chi connectivity index (χ0) is 7.14. The molecule has 1 N–H and O–H groups in total. The van der Waals surface area contributed by atoms with E-state index in [0.717, 1.165) is 0 Å². The Morgan fingerprint density at radius 3 is 2.60 bits per heavy atom. The molecule has 0 aliphatic carbocycles. The molecule has 2 aliphatic rings. The summed E-state index contributed by atoms with van der Waals surface area (Å²) in [5.41, 5.74) is 0. The minimum atomic E-state index is -0.424. The van der Waals surface area contributed by atoms with Gasteiger partial charge in [0.1, 0.15) is 18.3 Å². The van der Waals surface area contributed by atoms with E-state index in [2.05, 4.69) is 15.9 Å². The van der Waals surface area contributed by atoms with Gasteiger partial charge in [-0.1, -0.05) is 15.9 Å². The average molecular weight is 209 g/mol. The van der Waals surface area contributed by atoms with Gasteiger partial charge >= 0.3 is 0 Å². The van der Waals surface area contributed by atoms with E-state index in [1.165, 1.54) is 0 Å². The summed E-state index contributed by atoms with van der Waals surface area (Å²) in [6, 6.07) is 0. The van der Waals surface area contributed by atoms with E-state index in [0.29, 0.717) is 13.2 Å². The molecule has 10 heavy (non-hydrogen) atoms. The van der Waals surface area contributed by atoms with E-state index in [9.17, 15) is 5.11 Å². The molecule has 0 aromatic rings. The lowest BCUT2D eigenvalue weighted by atomic mass is 10.1. The maximum absolute atomic E-state index is 9.25. The predicted octanol–water partition coefficient (Wildman–Crippen LogP) is -0.0916. The number of hydrogen-bond donors (Lipinski definition) is 1. The van der Waals surface area contributed by atoms with Gasteiger partial charge in [0.25, 0.3) is 0 Å². The topological polar surface area (TPSA) is 38.7 Å². The van der Waals surface area contributed by atoms with Gasteiger partial charge < -0.3 is 14.6 Å². The number of alkyl halides is 1. The van der Waals surface area contributed by atoms with Crippen molar-refractivity contribution in [1.29, 1.82) is 0 Å². The summed E-state index contributed by atoms with van der Waals surface area (Å²) >= 11 is 3.41. The molecule has 4 atom stereocenters. The Hall–Kier alpha value is 0.360. The van der Waals surface area contributed by atoms with Crippen LogP contribution in [0.3, 0.4) is 0 Å². The molecular weight excluding hydrogens is 200 g/mol. The van der Waals surface area contributed by atoms with Crippen LogP contribution in [0.2, 0.25) is 0 Å². The second-order valence-corrected chi connectivity index (χ2v) is 3.86. The van der Waals surface area contributed by atoms with Gasteiger partial charge in [-0.25, -0.2) is 0 Å². The van der Waals surface area contributed by atoms with E-state index in [1.807, 2.05) is 0 Å². The third-order valence-corrected chi connectivity index (χ3v) is 2.75. The molecule has 0 radical (unpaired) electrons. The van der Waals surface area contributed by atoms with Crippen LogP contribution in [-0.2, 0) is 9.47 Å². The molecule has 3 nitrogen and oxygen atoms in total. The fourth-order valence-electron chi connectivity index (χ4n) is 1.43. The van der Waals surface area contributed by atoms with Crippen LogP contribution in [0.25, 0.3) is 0 Å². The lowest BCUT2D eigenvalue weighted by Crippen LogP contribution is -2.28. The number of ether oxygens (including phenoxy) is 2. The van der Waals surface area contributed by atoms with Gasteiger partial charge in [-0.15, -0.1) is 0 Å². The van der Waals surface area contributed by atoms with Crippen LogP contribution in [0, 0.1) is 0 Å². The molecule has 0 aromatic carbocycles. The van der Waals surface area contributed by atoms with Crippen LogP contribution in [0.1, 0.15) is 0 Å². The molecule has 0 spiro atoms. The Bertz CT molecular complexity index is 125. The molecule has 0 saturated carbocycles. The molecule has 2 fully saturated rings. The molecule has 2 rings (SSSR count). The molecule has 2 aliphatic heterocycles. The molecule has 0 aromatic heterocycles. The number of aliphatic hydroxyl groups excluding tert-OH is 1. The van der Waals surface area contributed by atoms with Crippen molar-refractivity contribution in [3.63, 3.8) is 0 Å². The summed E-state index contributed by atoms with van der Waals surface area (Å²) < 4.78 is 10.6. The highest BCUT2D eigenvalue weighted by Gasteiger charge is 2.45. The second-order valence-electron chi connectivity index (χ2n) is 2.68. The van der Waals surface area contributed by atoms with Crippen molar-refractivity contribution in [1.82, 2.24) is 0 Å². The van der Waals surface area contributed by atoms with Crippen LogP contribution in [0.4, 0.5) is 0 Å². The minimum absolute atomic E-state index is 0.0648. The van der Waals surface area contributed by atoms with Crippen LogP contribution in [0.15, 0.2) is 0 Å². The largest absolute Gasteiger partial charge is 0.388 e. The summed E-state index contributed by atoms with van der Waals surface area (Å²) in [6.07, 6.45) is -0.452. The summed E-state index contributed by atoms with van der Waals surface area (Å²) in [4.78, 5) is 0.259. The summed E-state index contributed by atoms with van der Waals surface area (Å²) in [7, 11) is 0. The van der Waals surface area contributed by atoms with Crippen LogP contribution in [0.5, 0.6) is 0 Å². The maximum atomic E-state index is 9.25. The van der Waals surface area contributed by atoms with Gasteiger partial charge in [0.05, 0.1) is 18.0 Å². The van der Waals surface area contributed by atoms with E-state index in [-0.39, 0.29) is 17.0 Å². The first kappa shape index (κ1) is 7.03. The molecule has 2 saturated heterocycles. The van der Waals surface area contributed by atoms with Crippen LogP contribution in [-0.4, -0.2) is 41.5 Å². The first-order valence-corrected chi connectivity index (χ1v) is 4.26. The molecule has 58 valence electrons. The van der Waals surface area contributed by atoms with Crippen molar-refractivity contribution in [2.24, 2.45) is 0 Å². The molecule has 4 heteroatoms. The van der Waals surface area contributed by atoms with Gasteiger partial charge in [0.2, 0.25) is 0 Å². The van der Waals surface area contributed by atoms with E-state index >= 15 is 0 Å². The normalized spacial score (nSPS) is 53.4. The molecule has 0 unspecified atom stereocenters. The van der Waals surface area contributed by atoms with Crippen molar-refractivity contribution < 1.29 is 14.6 Å². The summed E-state index contributed by atoms with van der Waals surface area (Å²) in [5, 5.41) is 9.25. The lowest BCUT2D eigenvalue weighted by Gasteiger charge is -2.09. The van der Waals surface area contributed by atoms with E-state index < -0.39 is 6.10 Å². The number of aliphatic hydroxyl groups is 1. The highest BCUT2D eigenvalue weighted by molar-refractivity contribution is 9.09. The molecule has 0 bridgehead atoms. The van der Waals surface area contributed by atoms with Crippen molar-refractivity contribution in [3.05, 3.63) is 0 Å². The predicted molar refractivity (Wildman–Crippen MR) is 38.2 cm³/mol. The van der Waals surface area contributed by atoms with Crippen LogP contribution >= 0.6 is 15.9 Å². The van der Waals surface area contributed by atoms with Gasteiger partial charge in [0, 0.05) is 0 Å². The van der Waals surface area contributed by atoms with Gasteiger partial charge in [-0.3, -0.25) is 0 Å². The average Bonchev–Trinajstić information content (AvgIpc) is 2.41. The number of hydrogen-bond acceptors (Lipinski definition) is 3. The van der Waals surface area contributed by atoms with Crippen molar-refractivity contribution in [2.75, 3.05) is 13.2 Å². The number of rotatable bonds is 0. The quantitative estimate of drug-likeness (QED) is 0.566. The lowest BCUT2D eigenvalue weighted by molar-refractivity contribution is 0.0188. The zero-order valence-corrected chi connectivity index (χ0v) is 6.95. The minimum Gasteiger partial charge on any atom is -0.388 e. The van der Waals surface area contributed by atoms with Crippen LogP contribution < -0.4 is 0 Å². The number of fused-ring (bicyclic) bond motifs is 1. The Morgan fingerprint density at radius 2 is 1.90 bits per heavy atom. The number of halogens is 1. The van der Waals surface area contributed by atoms with Crippen molar-refractivity contribution >= 4 is 15.9 Å². The third kappa shape index (κ3) is 0.906. The first-order chi connectivity index (χ1) is 4.79. The highest BCUT2D eigenvalue weighted by Crippen LogP contribution is 2.30. The Balaban J connectivity index is 2.09. The smallest absolute Gasteiger partial charge is 0.113 e. The molecule has 0 amide bonds. The Kier molecular flexibility index (Phi) is 1.72.